The maximum atomic E-state index is 9.28. The number of aromatic hydroxyl groups is 1. The summed E-state index contributed by atoms with van der Waals surface area (Å²) in [6.07, 6.45) is 2.65. The van der Waals surface area contributed by atoms with Gasteiger partial charge in [-0.05, 0) is 56.1 Å². The lowest BCUT2D eigenvalue weighted by Crippen LogP contribution is -2.39. The summed E-state index contributed by atoms with van der Waals surface area (Å²) >= 11 is 0. The monoisotopic (exact) mass is 248 g/mol. The van der Waals surface area contributed by atoms with Crippen LogP contribution >= 0.6 is 0 Å². The van der Waals surface area contributed by atoms with Crippen LogP contribution in [-0.4, -0.2) is 36.2 Å². The van der Waals surface area contributed by atoms with Crippen molar-refractivity contribution in [3.8, 4) is 5.75 Å². The van der Waals surface area contributed by atoms with Crippen LogP contribution in [0.3, 0.4) is 0 Å². The molecule has 0 aromatic heterocycles. The fraction of sp³-hybridized carbons (Fsp3) is 0.600. The van der Waals surface area contributed by atoms with Gasteiger partial charge in [-0.1, -0.05) is 19.1 Å². The normalized spacial score (nSPS) is 21.1. The number of phenolic OH excluding ortho intramolecular Hbond substituents is 1. The fourth-order valence-corrected chi connectivity index (χ4v) is 2.67. The summed E-state index contributed by atoms with van der Waals surface area (Å²) in [6, 6.07) is 7.58. The zero-order valence-electron chi connectivity index (χ0n) is 11.2. The Morgan fingerprint density at radius 3 is 2.83 bits per heavy atom. The molecule has 1 aromatic carbocycles. The van der Waals surface area contributed by atoms with Gasteiger partial charge in [-0.3, -0.25) is 4.90 Å². The Bertz CT molecular complexity index is 350. The summed E-state index contributed by atoms with van der Waals surface area (Å²) in [4.78, 5) is 2.53. The number of hydrogen-bond acceptors (Lipinski definition) is 3. The quantitative estimate of drug-likeness (QED) is 0.838. The van der Waals surface area contributed by atoms with Gasteiger partial charge in [-0.2, -0.15) is 0 Å². The van der Waals surface area contributed by atoms with Gasteiger partial charge in [0, 0.05) is 13.1 Å². The van der Waals surface area contributed by atoms with E-state index in [1.165, 1.54) is 31.5 Å². The third-order valence-electron chi connectivity index (χ3n) is 3.63. The maximum absolute atomic E-state index is 9.28. The van der Waals surface area contributed by atoms with E-state index in [4.69, 9.17) is 0 Å². The van der Waals surface area contributed by atoms with Gasteiger partial charge in [0.05, 0.1) is 0 Å². The van der Waals surface area contributed by atoms with E-state index in [1.807, 2.05) is 12.1 Å². The minimum atomic E-state index is 0.349. The molecule has 1 aromatic rings. The number of piperidine rings is 1. The molecule has 1 aliphatic heterocycles. The van der Waals surface area contributed by atoms with Crippen LogP contribution in [0, 0.1) is 5.92 Å². The second kappa shape index (κ2) is 6.76. The summed E-state index contributed by atoms with van der Waals surface area (Å²) in [5.74, 6) is 1.14. The molecular weight excluding hydrogens is 224 g/mol. The Hall–Kier alpha value is -1.06. The third kappa shape index (κ3) is 4.00. The van der Waals surface area contributed by atoms with E-state index in [1.54, 1.807) is 12.1 Å². The van der Waals surface area contributed by atoms with Crippen molar-refractivity contribution in [1.29, 1.82) is 0 Å². The average Bonchev–Trinajstić information content (AvgIpc) is 2.40. The molecule has 0 saturated carbocycles. The average molecular weight is 248 g/mol. The predicted octanol–water partition coefficient (Wildman–Crippen LogP) is 2.21. The molecule has 18 heavy (non-hydrogen) atoms. The molecule has 1 fully saturated rings. The molecule has 0 amide bonds. The first kappa shape index (κ1) is 13.4. The molecule has 100 valence electrons. The van der Waals surface area contributed by atoms with E-state index < -0.39 is 0 Å². The predicted molar refractivity (Wildman–Crippen MR) is 74.7 cm³/mol. The van der Waals surface area contributed by atoms with E-state index >= 15 is 0 Å². The molecule has 1 aliphatic rings. The molecule has 1 unspecified atom stereocenters. The van der Waals surface area contributed by atoms with Gasteiger partial charge < -0.3 is 10.4 Å². The Labute approximate surface area is 110 Å². The molecule has 1 heterocycles. The van der Waals surface area contributed by atoms with Crippen LogP contribution in [0.2, 0.25) is 0 Å². The highest BCUT2D eigenvalue weighted by Gasteiger charge is 2.19. The second-order valence-electron chi connectivity index (χ2n) is 5.22. The molecule has 2 N–H and O–H groups in total. The number of rotatable bonds is 5. The van der Waals surface area contributed by atoms with E-state index in [-0.39, 0.29) is 0 Å². The number of benzene rings is 1. The van der Waals surface area contributed by atoms with Crippen LogP contribution < -0.4 is 5.32 Å². The van der Waals surface area contributed by atoms with Crippen molar-refractivity contribution in [3.63, 3.8) is 0 Å². The number of phenols is 1. The minimum Gasteiger partial charge on any atom is -0.508 e. The van der Waals surface area contributed by atoms with Crippen molar-refractivity contribution >= 4 is 0 Å². The van der Waals surface area contributed by atoms with Gasteiger partial charge in [0.2, 0.25) is 0 Å². The number of nitrogens with zero attached hydrogens (tertiary/aromatic N) is 1. The Kier molecular flexibility index (Phi) is 5.02. The minimum absolute atomic E-state index is 0.349. The van der Waals surface area contributed by atoms with Crippen molar-refractivity contribution in [3.05, 3.63) is 29.8 Å². The largest absolute Gasteiger partial charge is 0.508 e. The molecule has 1 atom stereocenters. The summed E-state index contributed by atoms with van der Waals surface area (Å²) in [5, 5.41) is 12.7. The van der Waals surface area contributed by atoms with Gasteiger partial charge in [0.25, 0.3) is 0 Å². The molecule has 0 bridgehead atoms. The van der Waals surface area contributed by atoms with Crippen molar-refractivity contribution in [2.24, 2.45) is 5.92 Å². The lowest BCUT2D eigenvalue weighted by atomic mass is 9.97. The van der Waals surface area contributed by atoms with E-state index in [9.17, 15) is 5.11 Å². The Morgan fingerprint density at radius 1 is 1.33 bits per heavy atom. The number of hydrogen-bond donors (Lipinski definition) is 2. The van der Waals surface area contributed by atoms with Gasteiger partial charge in [-0.25, -0.2) is 0 Å². The highest BCUT2D eigenvalue weighted by molar-refractivity contribution is 5.25. The Morgan fingerprint density at radius 2 is 2.11 bits per heavy atom. The first-order valence-electron chi connectivity index (χ1n) is 6.99. The third-order valence-corrected chi connectivity index (χ3v) is 3.63. The van der Waals surface area contributed by atoms with Crippen LogP contribution in [0.5, 0.6) is 5.75 Å². The van der Waals surface area contributed by atoms with Crippen molar-refractivity contribution in [2.75, 3.05) is 26.2 Å². The van der Waals surface area contributed by atoms with E-state index in [2.05, 4.69) is 17.1 Å². The molecule has 3 nitrogen and oxygen atoms in total. The summed E-state index contributed by atoms with van der Waals surface area (Å²) in [6.45, 7) is 7.76. The molecular formula is C15H24N2O. The highest BCUT2D eigenvalue weighted by Crippen LogP contribution is 2.19. The van der Waals surface area contributed by atoms with Gasteiger partial charge in [-0.15, -0.1) is 0 Å². The van der Waals surface area contributed by atoms with E-state index in [0.717, 1.165) is 25.6 Å². The molecule has 3 heteroatoms. The van der Waals surface area contributed by atoms with Crippen LogP contribution in [0.4, 0.5) is 0 Å². The molecule has 2 rings (SSSR count). The summed E-state index contributed by atoms with van der Waals surface area (Å²) in [5.41, 5.74) is 1.29. The second-order valence-corrected chi connectivity index (χ2v) is 5.22. The molecule has 0 spiro atoms. The fourth-order valence-electron chi connectivity index (χ4n) is 2.67. The first-order valence-corrected chi connectivity index (χ1v) is 6.99. The van der Waals surface area contributed by atoms with Crippen molar-refractivity contribution < 1.29 is 5.11 Å². The zero-order valence-corrected chi connectivity index (χ0v) is 11.2. The number of nitrogens with one attached hydrogen (secondary N) is 1. The maximum Gasteiger partial charge on any atom is 0.115 e. The van der Waals surface area contributed by atoms with Crippen molar-refractivity contribution in [1.82, 2.24) is 10.2 Å². The van der Waals surface area contributed by atoms with Crippen LogP contribution in [0.1, 0.15) is 25.3 Å². The van der Waals surface area contributed by atoms with Crippen LogP contribution in [0.25, 0.3) is 0 Å². The van der Waals surface area contributed by atoms with Crippen LogP contribution in [0.15, 0.2) is 24.3 Å². The summed E-state index contributed by atoms with van der Waals surface area (Å²) < 4.78 is 0. The highest BCUT2D eigenvalue weighted by atomic mass is 16.3. The smallest absolute Gasteiger partial charge is 0.115 e. The molecule has 0 aliphatic carbocycles. The number of likely N-dealkylation sites (tertiary alicyclic amines) is 1. The molecule has 0 radical (unpaired) electrons. The van der Waals surface area contributed by atoms with Gasteiger partial charge >= 0.3 is 0 Å². The summed E-state index contributed by atoms with van der Waals surface area (Å²) in [7, 11) is 0. The van der Waals surface area contributed by atoms with E-state index in [0.29, 0.717) is 5.75 Å². The van der Waals surface area contributed by atoms with Crippen LogP contribution in [-0.2, 0) is 6.54 Å². The zero-order chi connectivity index (χ0) is 12.8. The van der Waals surface area contributed by atoms with Crippen molar-refractivity contribution in [2.45, 2.75) is 26.3 Å². The topological polar surface area (TPSA) is 35.5 Å². The Balaban J connectivity index is 1.83. The standard InChI is InChI=1S/C15H24N2O/c1-2-16-10-14-4-3-9-17(12-14)11-13-5-7-15(18)8-6-13/h5-8,14,16,18H,2-4,9-12H2,1H3. The molecule has 1 saturated heterocycles. The SMILES string of the molecule is CCNCC1CCCN(Cc2ccc(O)cc2)C1. The lowest BCUT2D eigenvalue weighted by molar-refractivity contribution is 0.166. The first-order chi connectivity index (χ1) is 8.78. The van der Waals surface area contributed by atoms with Gasteiger partial charge in [0.15, 0.2) is 0 Å². The lowest BCUT2D eigenvalue weighted by Gasteiger charge is -2.32. The van der Waals surface area contributed by atoms with Gasteiger partial charge in [0.1, 0.15) is 5.75 Å².